The quantitative estimate of drug-likeness (QED) is 0.730. The third-order valence-electron chi connectivity index (χ3n) is 4.91. The number of hydrogen-bond donors (Lipinski definition) is 1. The van der Waals surface area contributed by atoms with Crippen molar-refractivity contribution in [2.75, 3.05) is 18.4 Å². The Morgan fingerprint density at radius 1 is 1.14 bits per heavy atom. The molecule has 1 aromatic heterocycles. The summed E-state index contributed by atoms with van der Waals surface area (Å²) in [7, 11) is 0. The molecular formula is C21H21FN4O2. The van der Waals surface area contributed by atoms with Crippen molar-refractivity contribution in [3.8, 4) is 11.4 Å². The molecule has 6 nitrogen and oxygen atoms in total. The topological polar surface area (TPSA) is 71.3 Å². The molecule has 1 aliphatic heterocycles. The number of piperidine rings is 1. The molecule has 1 aliphatic rings. The third-order valence-corrected chi connectivity index (χ3v) is 4.91. The van der Waals surface area contributed by atoms with Crippen molar-refractivity contribution in [3.63, 3.8) is 0 Å². The van der Waals surface area contributed by atoms with E-state index >= 15 is 0 Å². The highest BCUT2D eigenvalue weighted by Crippen LogP contribution is 2.22. The second-order valence-corrected chi connectivity index (χ2v) is 6.93. The van der Waals surface area contributed by atoms with Crippen molar-refractivity contribution < 1.29 is 13.7 Å². The summed E-state index contributed by atoms with van der Waals surface area (Å²) in [5.74, 6) is 0.653. The minimum atomic E-state index is -0.359. The minimum absolute atomic E-state index is 0.0607. The molecule has 0 atom stereocenters. The van der Waals surface area contributed by atoms with Crippen LogP contribution in [0.2, 0.25) is 0 Å². The first-order valence-corrected chi connectivity index (χ1v) is 9.34. The second kappa shape index (κ2) is 8.31. The molecule has 0 bridgehead atoms. The number of carbonyl (C=O) groups excluding carboxylic acids is 1. The van der Waals surface area contributed by atoms with Crippen molar-refractivity contribution in [1.82, 2.24) is 15.0 Å². The molecule has 3 aromatic rings. The van der Waals surface area contributed by atoms with Crippen molar-refractivity contribution in [2.45, 2.75) is 19.4 Å². The number of hydrogen-bond acceptors (Lipinski definition) is 5. The van der Waals surface area contributed by atoms with Crippen molar-refractivity contribution in [1.29, 1.82) is 0 Å². The minimum Gasteiger partial charge on any atom is -0.338 e. The highest BCUT2D eigenvalue weighted by molar-refractivity contribution is 5.92. The number of aromatic nitrogens is 2. The number of rotatable bonds is 5. The van der Waals surface area contributed by atoms with E-state index in [-0.39, 0.29) is 17.6 Å². The fraction of sp³-hybridized carbons (Fsp3) is 0.286. The van der Waals surface area contributed by atoms with Gasteiger partial charge in [0.15, 0.2) is 0 Å². The number of carbonyl (C=O) groups is 1. The van der Waals surface area contributed by atoms with Gasteiger partial charge in [0.1, 0.15) is 5.82 Å². The highest BCUT2D eigenvalue weighted by Gasteiger charge is 2.26. The van der Waals surface area contributed by atoms with Crippen LogP contribution in [0.25, 0.3) is 11.4 Å². The Hall–Kier alpha value is -3.06. The van der Waals surface area contributed by atoms with E-state index in [0.717, 1.165) is 31.5 Å². The van der Waals surface area contributed by atoms with Gasteiger partial charge in [-0.05, 0) is 44.1 Å². The molecule has 28 heavy (non-hydrogen) atoms. The third kappa shape index (κ3) is 4.43. The Bertz CT molecular complexity index is 936. The Balaban J connectivity index is 1.28. The number of nitrogens with zero attached hydrogens (tertiary/aromatic N) is 3. The molecule has 0 aliphatic carbocycles. The van der Waals surface area contributed by atoms with Crippen LogP contribution in [0.4, 0.5) is 10.1 Å². The van der Waals surface area contributed by atoms with Crippen LogP contribution in [0, 0.1) is 11.7 Å². The van der Waals surface area contributed by atoms with Gasteiger partial charge in [0.25, 0.3) is 0 Å². The van der Waals surface area contributed by atoms with E-state index in [1.54, 1.807) is 12.1 Å². The van der Waals surface area contributed by atoms with Crippen LogP contribution in [0.1, 0.15) is 18.7 Å². The summed E-state index contributed by atoms with van der Waals surface area (Å²) in [5, 5.41) is 6.84. The van der Waals surface area contributed by atoms with Gasteiger partial charge >= 0.3 is 0 Å². The molecule has 144 valence electrons. The second-order valence-electron chi connectivity index (χ2n) is 6.93. The number of nitrogens with one attached hydrogen (secondary N) is 1. The molecule has 0 unspecified atom stereocenters. The summed E-state index contributed by atoms with van der Waals surface area (Å²) in [6.07, 6.45) is 1.47. The van der Waals surface area contributed by atoms with E-state index < -0.39 is 0 Å². The Kier molecular flexibility index (Phi) is 5.43. The number of amides is 1. The van der Waals surface area contributed by atoms with Crippen molar-refractivity contribution in [3.05, 3.63) is 66.3 Å². The maximum Gasteiger partial charge on any atom is 0.241 e. The Morgan fingerprint density at radius 3 is 2.68 bits per heavy atom. The number of benzene rings is 2. The van der Waals surface area contributed by atoms with E-state index in [1.165, 1.54) is 12.1 Å². The molecule has 1 amide bonds. The van der Waals surface area contributed by atoms with Gasteiger partial charge in [-0.3, -0.25) is 9.69 Å². The van der Waals surface area contributed by atoms with Crippen LogP contribution < -0.4 is 5.32 Å². The van der Waals surface area contributed by atoms with E-state index in [2.05, 4.69) is 20.4 Å². The average molecular weight is 380 g/mol. The lowest BCUT2D eigenvalue weighted by Gasteiger charge is -2.30. The van der Waals surface area contributed by atoms with Gasteiger partial charge in [-0.2, -0.15) is 4.98 Å². The molecule has 1 saturated heterocycles. The summed E-state index contributed by atoms with van der Waals surface area (Å²) in [6.45, 7) is 2.10. The summed E-state index contributed by atoms with van der Waals surface area (Å²) in [5.41, 5.74) is 1.41. The Morgan fingerprint density at radius 2 is 1.93 bits per heavy atom. The first-order valence-electron chi connectivity index (χ1n) is 9.34. The zero-order chi connectivity index (χ0) is 19.3. The van der Waals surface area contributed by atoms with Gasteiger partial charge in [0.05, 0.1) is 6.54 Å². The SMILES string of the molecule is O=C(Nc1cccc(F)c1)C1CCN(Cc2nc(-c3ccccc3)no2)CC1. The van der Waals surface area contributed by atoms with Crippen LogP contribution in [-0.4, -0.2) is 34.0 Å². The molecule has 0 radical (unpaired) electrons. The number of anilines is 1. The van der Waals surface area contributed by atoms with E-state index in [0.29, 0.717) is 23.9 Å². The molecule has 1 N–H and O–H groups in total. The molecule has 2 aromatic carbocycles. The lowest BCUT2D eigenvalue weighted by atomic mass is 9.96. The zero-order valence-electron chi connectivity index (χ0n) is 15.3. The highest BCUT2D eigenvalue weighted by atomic mass is 19.1. The van der Waals surface area contributed by atoms with Crippen LogP contribution in [0.3, 0.4) is 0 Å². The fourth-order valence-corrected chi connectivity index (χ4v) is 3.38. The molecule has 1 fully saturated rings. The van der Waals surface area contributed by atoms with Crippen LogP contribution in [0.15, 0.2) is 59.1 Å². The fourth-order valence-electron chi connectivity index (χ4n) is 3.38. The standard InChI is InChI=1S/C21H21FN4O2/c22-17-7-4-8-18(13-17)23-21(27)16-9-11-26(12-10-16)14-19-24-20(25-28-19)15-5-2-1-3-6-15/h1-8,13,16H,9-12,14H2,(H,23,27). The van der Waals surface area contributed by atoms with Gasteiger partial charge in [-0.25, -0.2) is 4.39 Å². The monoisotopic (exact) mass is 380 g/mol. The number of halogens is 1. The van der Waals surface area contributed by atoms with Gasteiger partial charge < -0.3 is 9.84 Å². The molecular weight excluding hydrogens is 359 g/mol. The zero-order valence-corrected chi connectivity index (χ0v) is 15.3. The van der Waals surface area contributed by atoms with E-state index in [9.17, 15) is 9.18 Å². The predicted molar refractivity (Wildman–Crippen MR) is 103 cm³/mol. The van der Waals surface area contributed by atoms with Crippen molar-refractivity contribution in [2.24, 2.45) is 5.92 Å². The summed E-state index contributed by atoms with van der Waals surface area (Å²) < 4.78 is 18.6. The lowest BCUT2D eigenvalue weighted by molar-refractivity contribution is -0.121. The van der Waals surface area contributed by atoms with Gasteiger partial charge in [-0.1, -0.05) is 41.6 Å². The van der Waals surface area contributed by atoms with Crippen LogP contribution >= 0.6 is 0 Å². The summed E-state index contributed by atoms with van der Waals surface area (Å²) in [6, 6.07) is 15.7. The molecule has 4 rings (SSSR count). The van der Waals surface area contributed by atoms with Gasteiger partial charge in [-0.15, -0.1) is 0 Å². The first-order chi connectivity index (χ1) is 13.7. The average Bonchev–Trinajstić information content (AvgIpc) is 3.18. The van der Waals surface area contributed by atoms with Crippen LogP contribution in [-0.2, 0) is 11.3 Å². The molecule has 0 spiro atoms. The predicted octanol–water partition coefficient (Wildman–Crippen LogP) is 3.73. The van der Waals surface area contributed by atoms with Crippen molar-refractivity contribution >= 4 is 11.6 Å². The molecule has 2 heterocycles. The smallest absolute Gasteiger partial charge is 0.241 e. The lowest BCUT2D eigenvalue weighted by Crippen LogP contribution is -2.37. The Labute approximate surface area is 162 Å². The normalized spacial score (nSPS) is 15.5. The largest absolute Gasteiger partial charge is 0.338 e. The first kappa shape index (κ1) is 18.3. The van der Waals surface area contributed by atoms with E-state index in [4.69, 9.17) is 4.52 Å². The molecule has 7 heteroatoms. The van der Waals surface area contributed by atoms with E-state index in [1.807, 2.05) is 30.3 Å². The maximum atomic E-state index is 13.3. The summed E-state index contributed by atoms with van der Waals surface area (Å²) in [4.78, 5) is 19.1. The summed E-state index contributed by atoms with van der Waals surface area (Å²) >= 11 is 0. The molecule has 0 saturated carbocycles. The number of likely N-dealkylation sites (tertiary alicyclic amines) is 1. The van der Waals surface area contributed by atoms with Gasteiger partial charge in [0, 0.05) is 17.2 Å². The van der Waals surface area contributed by atoms with Gasteiger partial charge in [0.2, 0.25) is 17.6 Å². The maximum absolute atomic E-state index is 13.3. The van der Waals surface area contributed by atoms with Crippen LogP contribution in [0.5, 0.6) is 0 Å².